The third-order valence-electron chi connectivity index (χ3n) is 2.82. The van der Waals surface area contributed by atoms with Gasteiger partial charge in [0.05, 0.1) is 12.5 Å². The van der Waals surface area contributed by atoms with Gasteiger partial charge in [-0.05, 0) is 25.2 Å². The van der Waals surface area contributed by atoms with E-state index in [1.54, 1.807) is 0 Å². The van der Waals surface area contributed by atoms with Crippen LogP contribution in [0.3, 0.4) is 0 Å². The van der Waals surface area contributed by atoms with E-state index in [0.717, 1.165) is 17.7 Å². The molecule has 0 radical (unpaired) electrons. The Kier molecular flexibility index (Phi) is 11.7. The van der Waals surface area contributed by atoms with E-state index in [0.29, 0.717) is 6.54 Å². The number of hydrogen-bond acceptors (Lipinski definition) is 4. The van der Waals surface area contributed by atoms with Crippen LogP contribution < -0.4 is 16.8 Å². The summed E-state index contributed by atoms with van der Waals surface area (Å²) in [5.41, 5.74) is 12.8. The molecule has 1 aromatic carbocycles. The smallest absolute Gasteiger partial charge is 0.237 e. The molecule has 0 aliphatic rings. The van der Waals surface area contributed by atoms with Crippen LogP contribution in [-0.4, -0.2) is 36.9 Å². The summed E-state index contributed by atoms with van der Waals surface area (Å²) in [4.78, 5) is 24.5. The van der Waals surface area contributed by atoms with Crippen molar-refractivity contribution in [1.29, 1.82) is 0 Å². The third kappa shape index (κ3) is 8.19. The first-order chi connectivity index (χ1) is 9.40. The lowest BCUT2D eigenvalue weighted by atomic mass is 10.1. The molecule has 0 heterocycles. The van der Waals surface area contributed by atoms with Gasteiger partial charge in [-0.25, -0.2) is 0 Å². The molecule has 0 saturated heterocycles. The zero-order chi connectivity index (χ0) is 15.1. The van der Waals surface area contributed by atoms with Crippen LogP contribution in [0, 0.1) is 0 Å². The average Bonchev–Trinajstić information content (AvgIpc) is 2.35. The summed E-state index contributed by atoms with van der Waals surface area (Å²) in [6, 6.07) is 6.96. The highest BCUT2D eigenvalue weighted by molar-refractivity contribution is 5.87. The maximum Gasteiger partial charge on any atom is 0.237 e. The van der Waals surface area contributed by atoms with Gasteiger partial charge in [-0.2, -0.15) is 0 Å². The molecular formula is C14H24Cl2N4O2. The highest BCUT2D eigenvalue weighted by atomic mass is 35.5. The molecule has 0 aromatic heterocycles. The zero-order valence-corrected chi connectivity index (χ0v) is 14.4. The fourth-order valence-corrected chi connectivity index (χ4v) is 1.85. The molecule has 2 amide bonds. The number of benzene rings is 1. The van der Waals surface area contributed by atoms with Gasteiger partial charge in [0.2, 0.25) is 11.8 Å². The van der Waals surface area contributed by atoms with Crippen molar-refractivity contribution < 1.29 is 9.59 Å². The van der Waals surface area contributed by atoms with Crippen molar-refractivity contribution in [3.05, 3.63) is 35.4 Å². The minimum atomic E-state index is -0.895. The van der Waals surface area contributed by atoms with Crippen molar-refractivity contribution in [3.63, 3.8) is 0 Å². The lowest BCUT2D eigenvalue weighted by molar-refractivity contribution is -0.126. The van der Waals surface area contributed by atoms with E-state index >= 15 is 0 Å². The van der Waals surface area contributed by atoms with Gasteiger partial charge in [0.15, 0.2) is 0 Å². The van der Waals surface area contributed by atoms with Crippen molar-refractivity contribution >= 4 is 36.6 Å². The number of hydrogen-bond donors (Lipinski definition) is 3. The number of carbonyl (C=O) groups excluding carboxylic acids is 2. The summed E-state index contributed by atoms with van der Waals surface area (Å²) in [6.45, 7) is 1.18. The van der Waals surface area contributed by atoms with Crippen LogP contribution in [0.25, 0.3) is 0 Å². The molecule has 1 unspecified atom stereocenters. The summed E-state index contributed by atoms with van der Waals surface area (Å²) in [6.07, 6.45) is -0.148. The highest BCUT2D eigenvalue weighted by Crippen LogP contribution is 2.10. The average molecular weight is 351 g/mol. The highest BCUT2D eigenvalue weighted by Gasteiger charge is 2.15. The maximum absolute atomic E-state index is 11.7. The number of nitrogens with one attached hydrogen (secondary N) is 1. The van der Waals surface area contributed by atoms with Crippen molar-refractivity contribution in [2.75, 3.05) is 14.1 Å². The maximum atomic E-state index is 11.7. The Balaban J connectivity index is 0. The first-order valence-corrected chi connectivity index (χ1v) is 6.43. The lowest BCUT2D eigenvalue weighted by Crippen LogP contribution is -2.42. The lowest BCUT2D eigenvalue weighted by Gasteiger charge is -2.15. The van der Waals surface area contributed by atoms with Crippen LogP contribution in [0.4, 0.5) is 0 Å². The number of nitrogens with zero attached hydrogens (tertiary/aromatic N) is 1. The largest absolute Gasteiger partial charge is 0.370 e. The fraction of sp³-hybridized carbons (Fsp3) is 0.429. The number of rotatable bonds is 7. The second-order valence-electron chi connectivity index (χ2n) is 5.00. The number of carbonyl (C=O) groups is 2. The van der Waals surface area contributed by atoms with Gasteiger partial charge < -0.3 is 21.7 Å². The number of primary amides is 1. The molecule has 126 valence electrons. The van der Waals surface area contributed by atoms with Crippen LogP contribution in [-0.2, 0) is 22.7 Å². The minimum Gasteiger partial charge on any atom is -0.370 e. The molecule has 0 bridgehead atoms. The minimum absolute atomic E-state index is 0. The van der Waals surface area contributed by atoms with Crippen LogP contribution in [0.5, 0.6) is 0 Å². The Morgan fingerprint density at radius 1 is 1.18 bits per heavy atom. The van der Waals surface area contributed by atoms with Crippen molar-refractivity contribution in [2.24, 2.45) is 11.5 Å². The first kappa shape index (κ1) is 22.9. The predicted molar refractivity (Wildman–Crippen MR) is 92.0 cm³/mol. The summed E-state index contributed by atoms with van der Waals surface area (Å²) >= 11 is 0. The Morgan fingerprint density at radius 3 is 2.23 bits per heavy atom. The normalized spacial score (nSPS) is 11.1. The van der Waals surface area contributed by atoms with Gasteiger partial charge in [0.25, 0.3) is 0 Å². The van der Waals surface area contributed by atoms with E-state index in [1.165, 1.54) is 0 Å². The predicted octanol–water partition coefficient (Wildman–Crippen LogP) is 0.411. The Labute approximate surface area is 143 Å². The molecule has 0 saturated carbocycles. The van der Waals surface area contributed by atoms with E-state index < -0.39 is 11.9 Å². The molecule has 8 heteroatoms. The molecule has 0 fully saturated rings. The summed E-state index contributed by atoms with van der Waals surface area (Å²) < 4.78 is 0. The van der Waals surface area contributed by atoms with Crippen molar-refractivity contribution in [3.8, 4) is 0 Å². The van der Waals surface area contributed by atoms with Crippen LogP contribution in [0.1, 0.15) is 17.5 Å². The van der Waals surface area contributed by atoms with E-state index in [9.17, 15) is 9.59 Å². The van der Waals surface area contributed by atoms with Gasteiger partial charge in [0, 0.05) is 13.1 Å². The fourth-order valence-electron chi connectivity index (χ4n) is 1.85. The molecule has 6 nitrogen and oxygen atoms in total. The molecular weight excluding hydrogens is 327 g/mol. The molecule has 1 aromatic rings. The molecule has 1 rings (SSSR count). The van der Waals surface area contributed by atoms with Crippen LogP contribution in [0.2, 0.25) is 0 Å². The van der Waals surface area contributed by atoms with Gasteiger partial charge in [0.1, 0.15) is 0 Å². The van der Waals surface area contributed by atoms with Crippen LogP contribution >= 0.6 is 24.8 Å². The molecule has 0 aliphatic heterocycles. The number of amides is 2. The van der Waals surface area contributed by atoms with E-state index in [2.05, 4.69) is 10.2 Å². The number of nitrogens with two attached hydrogens (primary N) is 2. The van der Waals surface area contributed by atoms with E-state index in [1.807, 2.05) is 38.4 Å². The Hall–Kier alpha value is -1.34. The number of halogens is 2. The topological polar surface area (TPSA) is 101 Å². The van der Waals surface area contributed by atoms with Gasteiger partial charge in [-0.1, -0.05) is 24.3 Å². The third-order valence-corrected chi connectivity index (χ3v) is 2.82. The zero-order valence-electron chi connectivity index (χ0n) is 12.7. The van der Waals surface area contributed by atoms with Crippen LogP contribution in [0.15, 0.2) is 24.3 Å². The van der Waals surface area contributed by atoms with Crippen molar-refractivity contribution in [2.45, 2.75) is 25.6 Å². The molecule has 1 atom stereocenters. The quantitative estimate of drug-likeness (QED) is 0.662. The van der Waals surface area contributed by atoms with Gasteiger partial charge >= 0.3 is 0 Å². The molecule has 0 spiro atoms. The SMILES string of the molecule is CN(C)Cc1ccccc1CNC(=O)C(N)CC(N)=O.Cl.Cl. The monoisotopic (exact) mass is 350 g/mol. The standard InChI is InChI=1S/C14H22N4O2.2ClH/c1-18(2)9-11-6-4-3-5-10(11)8-17-14(20)12(15)7-13(16)19;;/h3-6,12H,7-9,15H2,1-2H3,(H2,16,19)(H,17,20);2*1H. The van der Waals surface area contributed by atoms with E-state index in [-0.39, 0.29) is 37.1 Å². The first-order valence-electron chi connectivity index (χ1n) is 6.43. The summed E-state index contributed by atoms with van der Waals surface area (Å²) in [5.74, 6) is -0.955. The Morgan fingerprint density at radius 2 is 1.73 bits per heavy atom. The summed E-state index contributed by atoms with van der Waals surface area (Å²) in [7, 11) is 3.97. The Bertz CT molecular complexity index is 484. The second-order valence-corrected chi connectivity index (χ2v) is 5.00. The molecule has 0 aliphatic carbocycles. The van der Waals surface area contributed by atoms with Crippen molar-refractivity contribution in [1.82, 2.24) is 10.2 Å². The second kappa shape index (κ2) is 11.3. The molecule has 22 heavy (non-hydrogen) atoms. The summed E-state index contributed by atoms with van der Waals surface area (Å²) in [5, 5.41) is 2.73. The van der Waals surface area contributed by atoms with Gasteiger partial charge in [-0.15, -0.1) is 24.8 Å². The van der Waals surface area contributed by atoms with E-state index in [4.69, 9.17) is 11.5 Å². The molecule has 5 N–H and O–H groups in total. The van der Waals surface area contributed by atoms with Gasteiger partial charge in [-0.3, -0.25) is 9.59 Å².